The minimum atomic E-state index is -0.533. The molecule has 2 aliphatic heterocycles. The molecule has 0 radical (unpaired) electrons. The van der Waals surface area contributed by atoms with E-state index in [1.54, 1.807) is 30.3 Å². The Hall–Kier alpha value is -3.32. The predicted molar refractivity (Wildman–Crippen MR) is 105 cm³/mol. The standard InChI is InChI=1S/C21H12BrNO5/c22-14-4-1-12(2-5-14)17-8-6-15(27-17)10-16-21(24)28-20(23-16)13-3-7-18-19(9-13)26-11-25-18/h1-10H,11H2. The quantitative estimate of drug-likeness (QED) is 0.435. The summed E-state index contributed by atoms with van der Waals surface area (Å²) in [5, 5.41) is 0. The molecular formula is C21H12BrNO5. The van der Waals surface area contributed by atoms with Gasteiger partial charge in [-0.2, -0.15) is 0 Å². The molecule has 0 saturated heterocycles. The van der Waals surface area contributed by atoms with Gasteiger partial charge in [0, 0.05) is 21.7 Å². The highest BCUT2D eigenvalue weighted by Crippen LogP contribution is 2.34. The molecule has 3 aromatic rings. The van der Waals surface area contributed by atoms with Gasteiger partial charge in [-0.25, -0.2) is 9.79 Å². The van der Waals surface area contributed by atoms with Gasteiger partial charge >= 0.3 is 5.97 Å². The fraction of sp³-hybridized carbons (Fsp3) is 0.0476. The van der Waals surface area contributed by atoms with Gasteiger partial charge in [-0.3, -0.25) is 0 Å². The molecule has 0 N–H and O–H groups in total. The van der Waals surface area contributed by atoms with E-state index in [9.17, 15) is 4.79 Å². The molecule has 0 aliphatic carbocycles. The average Bonchev–Trinajstić information content (AvgIpc) is 3.43. The average molecular weight is 438 g/mol. The molecule has 138 valence electrons. The van der Waals surface area contributed by atoms with E-state index in [2.05, 4.69) is 20.9 Å². The molecule has 0 amide bonds. The predicted octanol–water partition coefficient (Wildman–Crippen LogP) is 4.78. The largest absolute Gasteiger partial charge is 0.457 e. The fourth-order valence-corrected chi connectivity index (χ4v) is 3.16. The number of ether oxygens (including phenoxy) is 3. The maximum Gasteiger partial charge on any atom is 0.363 e. The molecule has 28 heavy (non-hydrogen) atoms. The van der Waals surface area contributed by atoms with Crippen molar-refractivity contribution in [3.63, 3.8) is 0 Å². The van der Waals surface area contributed by atoms with Crippen molar-refractivity contribution in [1.29, 1.82) is 0 Å². The van der Waals surface area contributed by atoms with Crippen LogP contribution >= 0.6 is 15.9 Å². The van der Waals surface area contributed by atoms with Crippen molar-refractivity contribution in [3.8, 4) is 22.8 Å². The van der Waals surface area contributed by atoms with E-state index < -0.39 is 5.97 Å². The summed E-state index contributed by atoms with van der Waals surface area (Å²) < 4.78 is 22.7. The summed E-state index contributed by atoms with van der Waals surface area (Å²) >= 11 is 3.41. The number of fused-ring (bicyclic) bond motifs is 1. The van der Waals surface area contributed by atoms with Crippen LogP contribution < -0.4 is 9.47 Å². The lowest BCUT2D eigenvalue weighted by Crippen LogP contribution is -2.05. The first-order valence-electron chi connectivity index (χ1n) is 8.44. The lowest BCUT2D eigenvalue weighted by atomic mass is 10.2. The van der Waals surface area contributed by atoms with Crippen molar-refractivity contribution >= 4 is 33.9 Å². The Morgan fingerprint density at radius 2 is 1.71 bits per heavy atom. The molecule has 1 aromatic heterocycles. The van der Waals surface area contributed by atoms with E-state index in [-0.39, 0.29) is 18.4 Å². The molecule has 0 bridgehead atoms. The number of hydrogen-bond acceptors (Lipinski definition) is 6. The van der Waals surface area contributed by atoms with Crippen LogP contribution in [0, 0.1) is 0 Å². The number of carbonyl (C=O) groups excluding carboxylic acids is 1. The highest BCUT2D eigenvalue weighted by Gasteiger charge is 2.26. The zero-order valence-electron chi connectivity index (χ0n) is 14.3. The second-order valence-electron chi connectivity index (χ2n) is 6.11. The lowest BCUT2D eigenvalue weighted by molar-refractivity contribution is -0.129. The Morgan fingerprint density at radius 3 is 2.57 bits per heavy atom. The summed E-state index contributed by atoms with van der Waals surface area (Å²) in [7, 11) is 0. The smallest absolute Gasteiger partial charge is 0.363 e. The van der Waals surface area contributed by atoms with Gasteiger partial charge in [0.15, 0.2) is 17.2 Å². The number of rotatable bonds is 3. The van der Waals surface area contributed by atoms with Gasteiger partial charge < -0.3 is 18.6 Å². The normalized spacial score (nSPS) is 16.4. The van der Waals surface area contributed by atoms with Gasteiger partial charge in [0.1, 0.15) is 11.5 Å². The maximum atomic E-state index is 12.2. The van der Waals surface area contributed by atoms with Crippen LogP contribution in [-0.2, 0) is 9.53 Å². The van der Waals surface area contributed by atoms with Gasteiger partial charge in [-0.05, 0) is 42.5 Å². The Morgan fingerprint density at radius 1 is 0.929 bits per heavy atom. The van der Waals surface area contributed by atoms with Crippen molar-refractivity contribution < 1.29 is 23.4 Å². The molecule has 0 spiro atoms. The third kappa shape index (κ3) is 3.10. The van der Waals surface area contributed by atoms with Crippen LogP contribution in [0.15, 0.2) is 74.2 Å². The van der Waals surface area contributed by atoms with E-state index in [0.29, 0.717) is 28.6 Å². The Bertz CT molecular complexity index is 1140. The van der Waals surface area contributed by atoms with Crippen LogP contribution in [0.5, 0.6) is 11.5 Å². The Labute approximate surface area is 168 Å². The van der Waals surface area contributed by atoms with Crippen LogP contribution in [-0.4, -0.2) is 18.7 Å². The third-order valence-electron chi connectivity index (χ3n) is 4.27. The van der Waals surface area contributed by atoms with Crippen molar-refractivity contribution in [3.05, 3.63) is 76.1 Å². The number of carbonyl (C=O) groups is 1. The molecule has 2 aliphatic rings. The first-order valence-corrected chi connectivity index (χ1v) is 9.23. The van der Waals surface area contributed by atoms with Crippen LogP contribution in [0.4, 0.5) is 0 Å². The molecule has 0 unspecified atom stereocenters. The van der Waals surface area contributed by atoms with Gasteiger partial charge in [0.2, 0.25) is 12.7 Å². The lowest BCUT2D eigenvalue weighted by Gasteiger charge is -2.01. The van der Waals surface area contributed by atoms with Gasteiger partial charge in [0.05, 0.1) is 0 Å². The van der Waals surface area contributed by atoms with Crippen LogP contribution in [0.3, 0.4) is 0 Å². The number of cyclic esters (lactones) is 1. The van der Waals surface area contributed by atoms with Crippen molar-refractivity contribution in [2.75, 3.05) is 6.79 Å². The van der Waals surface area contributed by atoms with Crippen molar-refractivity contribution in [2.45, 2.75) is 0 Å². The number of nitrogens with zero attached hydrogens (tertiary/aromatic N) is 1. The van der Waals surface area contributed by atoms with Crippen LogP contribution in [0.25, 0.3) is 17.4 Å². The van der Waals surface area contributed by atoms with E-state index >= 15 is 0 Å². The summed E-state index contributed by atoms with van der Waals surface area (Å²) in [6.45, 7) is 0.176. The van der Waals surface area contributed by atoms with E-state index in [4.69, 9.17) is 18.6 Å². The number of halogens is 1. The summed E-state index contributed by atoms with van der Waals surface area (Å²) in [4.78, 5) is 16.5. The SMILES string of the molecule is O=C1OC(c2ccc3c(c2)OCO3)=NC1=Cc1ccc(-c2ccc(Br)cc2)o1. The molecule has 0 saturated carbocycles. The molecule has 6 nitrogen and oxygen atoms in total. The number of esters is 1. The van der Waals surface area contributed by atoms with E-state index in [1.807, 2.05) is 30.3 Å². The molecule has 0 atom stereocenters. The summed E-state index contributed by atoms with van der Waals surface area (Å²) in [5.41, 5.74) is 1.74. The second-order valence-corrected chi connectivity index (χ2v) is 7.03. The van der Waals surface area contributed by atoms with Gasteiger partial charge in [-0.15, -0.1) is 0 Å². The van der Waals surface area contributed by atoms with Crippen LogP contribution in [0.2, 0.25) is 0 Å². The Kier molecular flexibility index (Phi) is 4.02. The Balaban J connectivity index is 1.42. The zero-order chi connectivity index (χ0) is 19.1. The first kappa shape index (κ1) is 16.8. The summed E-state index contributed by atoms with van der Waals surface area (Å²) in [6, 6.07) is 16.6. The highest BCUT2D eigenvalue weighted by molar-refractivity contribution is 9.10. The van der Waals surface area contributed by atoms with Gasteiger partial charge in [0.25, 0.3) is 0 Å². The number of hydrogen-bond donors (Lipinski definition) is 0. The maximum absolute atomic E-state index is 12.2. The minimum Gasteiger partial charge on any atom is -0.457 e. The van der Waals surface area contributed by atoms with Crippen molar-refractivity contribution in [2.24, 2.45) is 4.99 Å². The second kappa shape index (κ2) is 6.69. The first-order chi connectivity index (χ1) is 13.7. The molecule has 3 heterocycles. The monoisotopic (exact) mass is 437 g/mol. The topological polar surface area (TPSA) is 70.3 Å². The fourth-order valence-electron chi connectivity index (χ4n) is 2.90. The van der Waals surface area contributed by atoms with E-state index in [1.165, 1.54) is 0 Å². The third-order valence-corrected chi connectivity index (χ3v) is 4.80. The summed E-state index contributed by atoms with van der Waals surface area (Å²) in [5.74, 6) is 2.15. The molecular weight excluding hydrogens is 426 g/mol. The van der Waals surface area contributed by atoms with Gasteiger partial charge in [-0.1, -0.05) is 28.1 Å². The molecule has 2 aromatic carbocycles. The number of furan rings is 1. The summed E-state index contributed by atoms with van der Waals surface area (Å²) in [6.07, 6.45) is 1.56. The number of aliphatic imine (C=N–C) groups is 1. The molecule has 7 heteroatoms. The minimum absolute atomic E-state index is 0.171. The van der Waals surface area contributed by atoms with Crippen molar-refractivity contribution in [1.82, 2.24) is 0 Å². The van der Waals surface area contributed by atoms with Crippen LogP contribution in [0.1, 0.15) is 11.3 Å². The highest BCUT2D eigenvalue weighted by atomic mass is 79.9. The zero-order valence-corrected chi connectivity index (χ0v) is 15.9. The number of benzene rings is 2. The van der Waals surface area contributed by atoms with E-state index in [0.717, 1.165) is 10.0 Å². The molecule has 0 fully saturated rings. The molecule has 5 rings (SSSR count).